The van der Waals surface area contributed by atoms with Gasteiger partial charge >= 0.3 is 0 Å². The Morgan fingerprint density at radius 3 is 2.67 bits per heavy atom. The van der Waals surface area contributed by atoms with Crippen LogP contribution in [0.4, 0.5) is 0 Å². The fourth-order valence-corrected chi connectivity index (χ4v) is 1.64. The number of halogens is 2. The third kappa shape index (κ3) is 1.36. The lowest BCUT2D eigenvalue weighted by Crippen LogP contribution is -1.80. The van der Waals surface area contributed by atoms with E-state index in [1.165, 1.54) is 11.5 Å². The number of aromatic nitrogens is 1. The van der Waals surface area contributed by atoms with Gasteiger partial charge in [0.2, 0.25) is 5.88 Å². The molecule has 5 heteroatoms. The van der Waals surface area contributed by atoms with Crippen molar-refractivity contribution in [2.75, 3.05) is 7.11 Å². The van der Waals surface area contributed by atoms with Crippen molar-refractivity contribution in [2.45, 2.75) is 0 Å². The second-order valence-electron chi connectivity index (χ2n) is 1.28. The zero-order valence-corrected chi connectivity index (χ0v) is 7.68. The van der Waals surface area contributed by atoms with E-state index in [4.69, 9.17) is 16.3 Å². The van der Waals surface area contributed by atoms with Crippen LogP contribution in [0.3, 0.4) is 0 Å². The fourth-order valence-electron chi connectivity index (χ4n) is 0.373. The second-order valence-corrected chi connectivity index (χ2v) is 3.45. The fraction of sp³-hybridized carbons (Fsp3) is 0.250. The minimum atomic E-state index is 0.546. The van der Waals surface area contributed by atoms with Crippen LogP contribution in [0.15, 0.2) is 4.47 Å². The van der Waals surface area contributed by atoms with Crippen molar-refractivity contribution < 1.29 is 4.74 Å². The van der Waals surface area contributed by atoms with Gasteiger partial charge in [-0.1, -0.05) is 11.6 Å². The Labute approximate surface area is 70.1 Å². The predicted octanol–water partition coefficient (Wildman–Crippen LogP) is 2.57. The van der Waals surface area contributed by atoms with Crippen LogP contribution in [0.5, 0.6) is 5.88 Å². The van der Waals surface area contributed by atoms with Crippen LogP contribution in [-0.4, -0.2) is 11.5 Å². The smallest absolute Gasteiger partial charge is 0.241 e. The summed E-state index contributed by atoms with van der Waals surface area (Å²) in [7, 11) is 1.55. The van der Waals surface area contributed by atoms with Gasteiger partial charge in [-0.05, 0) is 27.5 Å². The highest BCUT2D eigenvalue weighted by molar-refractivity contribution is 9.10. The van der Waals surface area contributed by atoms with Gasteiger partial charge in [-0.25, -0.2) is 0 Å². The first-order valence-corrected chi connectivity index (χ1v) is 4.05. The first-order chi connectivity index (χ1) is 4.25. The number of ether oxygens (including phenoxy) is 1. The molecular formula is C4H3BrClNOS. The molecule has 0 amide bonds. The number of hydrogen-bond acceptors (Lipinski definition) is 3. The van der Waals surface area contributed by atoms with Gasteiger partial charge in [0.25, 0.3) is 0 Å². The summed E-state index contributed by atoms with van der Waals surface area (Å²) < 4.78 is 10.1. The zero-order valence-electron chi connectivity index (χ0n) is 4.52. The summed E-state index contributed by atoms with van der Waals surface area (Å²) >= 11 is 10.0. The molecule has 0 bridgehead atoms. The summed E-state index contributed by atoms with van der Waals surface area (Å²) in [4.78, 5) is 0. The van der Waals surface area contributed by atoms with Crippen LogP contribution in [0.25, 0.3) is 0 Å². The molecule has 9 heavy (non-hydrogen) atoms. The highest BCUT2D eigenvalue weighted by atomic mass is 79.9. The topological polar surface area (TPSA) is 22.1 Å². The maximum absolute atomic E-state index is 5.64. The molecule has 1 rings (SSSR count). The molecule has 0 saturated carbocycles. The summed E-state index contributed by atoms with van der Waals surface area (Å²) in [6.45, 7) is 0. The van der Waals surface area contributed by atoms with E-state index >= 15 is 0 Å². The molecule has 1 aromatic heterocycles. The second kappa shape index (κ2) is 2.86. The van der Waals surface area contributed by atoms with E-state index in [0.717, 1.165) is 4.47 Å². The predicted molar refractivity (Wildman–Crippen MR) is 41.4 cm³/mol. The van der Waals surface area contributed by atoms with E-state index in [-0.39, 0.29) is 0 Å². The molecule has 0 radical (unpaired) electrons. The first kappa shape index (κ1) is 7.31. The number of methoxy groups -OCH3 is 1. The van der Waals surface area contributed by atoms with E-state index in [1.54, 1.807) is 7.11 Å². The molecule has 0 unspecified atom stereocenters. The van der Waals surface area contributed by atoms with Crippen LogP contribution < -0.4 is 4.74 Å². The lowest BCUT2D eigenvalue weighted by molar-refractivity contribution is 0.400. The summed E-state index contributed by atoms with van der Waals surface area (Å²) in [6, 6.07) is 0. The van der Waals surface area contributed by atoms with Crippen molar-refractivity contribution in [3.05, 3.63) is 8.81 Å². The lowest BCUT2D eigenvalue weighted by atomic mass is 10.7. The van der Waals surface area contributed by atoms with Crippen molar-refractivity contribution in [1.29, 1.82) is 0 Å². The van der Waals surface area contributed by atoms with Crippen molar-refractivity contribution in [3.63, 3.8) is 0 Å². The molecule has 1 heterocycles. The highest BCUT2D eigenvalue weighted by Gasteiger charge is 2.07. The van der Waals surface area contributed by atoms with Crippen LogP contribution in [-0.2, 0) is 0 Å². The largest absolute Gasteiger partial charge is 0.480 e. The molecule has 0 aromatic carbocycles. The third-order valence-corrected chi connectivity index (χ3v) is 3.01. The molecule has 0 aliphatic heterocycles. The average molecular weight is 228 g/mol. The van der Waals surface area contributed by atoms with Gasteiger partial charge in [-0.15, -0.1) is 0 Å². The van der Waals surface area contributed by atoms with Gasteiger partial charge in [0.1, 0.15) is 8.81 Å². The van der Waals surface area contributed by atoms with E-state index < -0.39 is 0 Å². The van der Waals surface area contributed by atoms with Crippen LogP contribution in [0.2, 0.25) is 4.34 Å². The number of hydrogen-bond donors (Lipinski definition) is 0. The van der Waals surface area contributed by atoms with E-state index in [2.05, 4.69) is 20.3 Å². The summed E-state index contributed by atoms with van der Waals surface area (Å²) in [5, 5.41) is 0. The Kier molecular flexibility index (Phi) is 2.32. The van der Waals surface area contributed by atoms with Gasteiger partial charge in [0.15, 0.2) is 0 Å². The van der Waals surface area contributed by atoms with E-state index in [0.29, 0.717) is 10.2 Å². The molecule has 50 valence electrons. The Hall–Kier alpha value is 0.200. The normalized spacial score (nSPS) is 9.67. The first-order valence-electron chi connectivity index (χ1n) is 2.10. The van der Waals surface area contributed by atoms with E-state index in [9.17, 15) is 0 Å². The minimum Gasteiger partial charge on any atom is -0.480 e. The van der Waals surface area contributed by atoms with Crippen molar-refractivity contribution in [3.8, 4) is 5.88 Å². The highest BCUT2D eigenvalue weighted by Crippen LogP contribution is 2.34. The molecule has 0 fully saturated rings. The molecule has 1 aromatic rings. The molecule has 0 aliphatic carbocycles. The molecule has 0 atom stereocenters. The Morgan fingerprint density at radius 2 is 2.44 bits per heavy atom. The van der Waals surface area contributed by atoms with Gasteiger partial charge in [0, 0.05) is 0 Å². The van der Waals surface area contributed by atoms with Crippen LogP contribution >= 0.6 is 39.1 Å². The van der Waals surface area contributed by atoms with Gasteiger partial charge in [-0.2, -0.15) is 4.37 Å². The van der Waals surface area contributed by atoms with Crippen molar-refractivity contribution in [1.82, 2.24) is 4.37 Å². The average Bonchev–Trinajstić information content (AvgIpc) is 2.15. The van der Waals surface area contributed by atoms with Gasteiger partial charge in [-0.3, -0.25) is 0 Å². The van der Waals surface area contributed by atoms with E-state index in [1.807, 2.05) is 0 Å². The van der Waals surface area contributed by atoms with Crippen molar-refractivity contribution in [2.24, 2.45) is 0 Å². The summed E-state index contributed by atoms with van der Waals surface area (Å²) in [5.74, 6) is 0.546. The summed E-state index contributed by atoms with van der Waals surface area (Å²) in [5.41, 5.74) is 0. The Morgan fingerprint density at radius 1 is 1.78 bits per heavy atom. The van der Waals surface area contributed by atoms with Crippen LogP contribution in [0, 0.1) is 0 Å². The minimum absolute atomic E-state index is 0.546. The number of nitrogens with zero attached hydrogens (tertiary/aromatic N) is 1. The van der Waals surface area contributed by atoms with Crippen LogP contribution in [0.1, 0.15) is 0 Å². The molecule has 0 N–H and O–H groups in total. The summed E-state index contributed by atoms with van der Waals surface area (Å²) in [6.07, 6.45) is 0. The lowest BCUT2D eigenvalue weighted by Gasteiger charge is -1.90. The Balaban J connectivity index is 3.04. The monoisotopic (exact) mass is 227 g/mol. The Bertz CT molecular complexity index is 214. The van der Waals surface area contributed by atoms with Gasteiger partial charge in [0.05, 0.1) is 7.11 Å². The van der Waals surface area contributed by atoms with Crippen molar-refractivity contribution >= 4 is 39.1 Å². The standard InChI is InChI=1S/C4H3BrClNOS/c1-8-4-2(5)3(6)9-7-4/h1H3. The SMILES string of the molecule is COc1nsc(Cl)c1Br. The molecular weight excluding hydrogens is 225 g/mol. The maximum Gasteiger partial charge on any atom is 0.241 e. The molecule has 2 nitrogen and oxygen atoms in total. The quantitative estimate of drug-likeness (QED) is 0.737. The molecule has 0 aliphatic rings. The van der Waals surface area contributed by atoms with Gasteiger partial charge < -0.3 is 4.74 Å². The molecule has 0 saturated heterocycles. The maximum atomic E-state index is 5.64. The third-order valence-electron chi connectivity index (χ3n) is 0.762. The molecule has 0 spiro atoms. The number of rotatable bonds is 1. The zero-order chi connectivity index (χ0) is 6.85.